The number of nitro benzene ring substituents is 1. The lowest BCUT2D eigenvalue weighted by molar-refractivity contribution is -0.385. The topological polar surface area (TPSA) is 94.4 Å². The molecule has 0 unspecified atom stereocenters. The van der Waals surface area contributed by atoms with Crippen LogP contribution in [0.3, 0.4) is 0 Å². The van der Waals surface area contributed by atoms with Crippen LogP contribution in [0.4, 0.5) is 5.69 Å². The molecule has 30 heavy (non-hydrogen) atoms. The van der Waals surface area contributed by atoms with E-state index in [0.717, 1.165) is 38.7 Å². The minimum atomic E-state index is -0.524. The van der Waals surface area contributed by atoms with E-state index < -0.39 is 4.92 Å². The minimum Gasteiger partial charge on any atom is -0.497 e. The van der Waals surface area contributed by atoms with Crippen LogP contribution >= 0.6 is 27.3 Å². The van der Waals surface area contributed by atoms with E-state index in [1.165, 1.54) is 12.1 Å². The summed E-state index contributed by atoms with van der Waals surface area (Å²) < 4.78 is 6.66. The Morgan fingerprint density at radius 1 is 1.23 bits per heavy atom. The van der Waals surface area contributed by atoms with Crippen LogP contribution in [-0.2, 0) is 0 Å². The van der Waals surface area contributed by atoms with Crippen LogP contribution in [0.1, 0.15) is 28.2 Å². The highest BCUT2D eigenvalue weighted by Gasteiger charge is 2.18. The Morgan fingerprint density at radius 2 is 2.07 bits per heavy atom. The predicted molar refractivity (Wildman–Crippen MR) is 120 cm³/mol. The Morgan fingerprint density at radius 3 is 2.77 bits per heavy atom. The molecule has 1 aromatic heterocycles. The van der Waals surface area contributed by atoms with Gasteiger partial charge in [-0.05, 0) is 70.8 Å². The third-order valence-electron chi connectivity index (χ3n) is 4.70. The molecule has 1 aliphatic carbocycles. The standard InChI is InChI=1S/C21H16BrN3O4S/c1-29-15-7-9-17-19(11-15)30-21(24-17)12-2-5-14(6-3-12)23-20(26)13-4-8-16(22)18(10-13)25(27)28/h2,4-5,7-11H,3,6H2,1H3,(H,23,26). The smallest absolute Gasteiger partial charge is 0.284 e. The molecule has 0 radical (unpaired) electrons. The number of methoxy groups -OCH3 is 1. The largest absolute Gasteiger partial charge is 0.497 e. The summed E-state index contributed by atoms with van der Waals surface area (Å²) in [5.74, 6) is 0.425. The molecule has 0 atom stereocenters. The van der Waals surface area contributed by atoms with Gasteiger partial charge in [-0.1, -0.05) is 6.08 Å². The summed E-state index contributed by atoms with van der Waals surface area (Å²) in [5, 5.41) is 14.9. The first-order valence-corrected chi connectivity index (χ1v) is 10.7. The summed E-state index contributed by atoms with van der Waals surface area (Å²) in [6.07, 6.45) is 5.20. The number of hydrogen-bond donors (Lipinski definition) is 1. The second kappa shape index (κ2) is 8.37. The van der Waals surface area contributed by atoms with Gasteiger partial charge in [-0.15, -0.1) is 11.3 Å². The van der Waals surface area contributed by atoms with Gasteiger partial charge in [0, 0.05) is 17.3 Å². The quantitative estimate of drug-likeness (QED) is 0.382. The van der Waals surface area contributed by atoms with E-state index in [9.17, 15) is 14.9 Å². The number of halogens is 1. The van der Waals surface area contributed by atoms with Gasteiger partial charge in [0.05, 0.1) is 26.7 Å². The van der Waals surface area contributed by atoms with Gasteiger partial charge in [0.2, 0.25) is 0 Å². The molecule has 0 aliphatic heterocycles. The lowest BCUT2D eigenvalue weighted by Crippen LogP contribution is -2.23. The maximum atomic E-state index is 12.5. The number of allylic oxidation sites excluding steroid dienone is 4. The zero-order valence-corrected chi connectivity index (χ0v) is 18.2. The van der Waals surface area contributed by atoms with Crippen molar-refractivity contribution in [3.05, 3.63) is 79.4 Å². The molecule has 1 heterocycles. The fraction of sp³-hybridized carbons (Fsp3) is 0.143. The van der Waals surface area contributed by atoms with Crippen LogP contribution in [0.15, 0.2) is 58.7 Å². The first-order valence-electron chi connectivity index (χ1n) is 9.04. The zero-order valence-electron chi connectivity index (χ0n) is 15.8. The SMILES string of the molecule is COc1ccc2nc(C3=CC=C(NC(=O)c4ccc(Br)c([N+](=O)[O-])c4)CC3)sc2c1. The van der Waals surface area contributed by atoms with Crippen LogP contribution in [0.5, 0.6) is 5.75 Å². The van der Waals surface area contributed by atoms with Gasteiger partial charge >= 0.3 is 0 Å². The third kappa shape index (κ3) is 4.12. The average molecular weight is 486 g/mol. The van der Waals surface area contributed by atoms with Gasteiger partial charge < -0.3 is 10.1 Å². The molecule has 0 saturated carbocycles. The predicted octanol–water partition coefficient (Wildman–Crippen LogP) is 5.47. The highest BCUT2D eigenvalue weighted by Crippen LogP contribution is 2.34. The highest BCUT2D eigenvalue weighted by molar-refractivity contribution is 9.10. The Labute approximate surface area is 184 Å². The number of benzene rings is 2. The van der Waals surface area contributed by atoms with Crippen LogP contribution in [0.25, 0.3) is 15.8 Å². The Hall–Kier alpha value is -3.04. The molecule has 3 aromatic rings. The summed E-state index contributed by atoms with van der Waals surface area (Å²) >= 11 is 4.73. The molecule has 0 spiro atoms. The summed E-state index contributed by atoms with van der Waals surface area (Å²) in [6, 6.07) is 10.1. The monoisotopic (exact) mass is 485 g/mol. The molecule has 1 aliphatic rings. The maximum absolute atomic E-state index is 12.5. The van der Waals surface area contributed by atoms with E-state index in [1.807, 2.05) is 30.4 Å². The molecular formula is C21H16BrN3O4S. The Bertz CT molecular complexity index is 1230. The molecule has 0 bridgehead atoms. The fourth-order valence-corrected chi connectivity index (χ4v) is 4.54. The van der Waals surface area contributed by atoms with Crippen molar-refractivity contribution in [2.24, 2.45) is 0 Å². The van der Waals surface area contributed by atoms with Crippen molar-refractivity contribution in [2.75, 3.05) is 7.11 Å². The third-order valence-corrected chi connectivity index (χ3v) is 6.46. The highest BCUT2D eigenvalue weighted by atomic mass is 79.9. The number of aromatic nitrogens is 1. The van der Waals surface area contributed by atoms with Gasteiger partial charge in [-0.3, -0.25) is 14.9 Å². The van der Waals surface area contributed by atoms with Gasteiger partial charge in [-0.2, -0.15) is 0 Å². The van der Waals surface area contributed by atoms with Crippen LogP contribution in [0.2, 0.25) is 0 Å². The van der Waals surface area contributed by atoms with Gasteiger partial charge in [0.25, 0.3) is 11.6 Å². The summed E-state index contributed by atoms with van der Waals surface area (Å²) in [6.45, 7) is 0. The first-order chi connectivity index (χ1) is 14.4. The van der Waals surface area contributed by atoms with Crippen molar-refractivity contribution in [3.63, 3.8) is 0 Å². The van der Waals surface area contributed by atoms with Gasteiger partial charge in [0.15, 0.2) is 0 Å². The minimum absolute atomic E-state index is 0.144. The number of rotatable bonds is 5. The Balaban J connectivity index is 1.51. The number of amides is 1. The van der Waals surface area contributed by atoms with E-state index in [0.29, 0.717) is 10.9 Å². The van der Waals surface area contributed by atoms with Gasteiger partial charge in [0.1, 0.15) is 10.8 Å². The average Bonchev–Trinajstić information content (AvgIpc) is 3.17. The molecule has 4 rings (SSSR count). The van der Waals surface area contributed by atoms with Crippen molar-refractivity contribution in [2.45, 2.75) is 12.8 Å². The number of nitrogens with zero attached hydrogens (tertiary/aromatic N) is 2. The van der Waals surface area contributed by atoms with Crippen LogP contribution in [-0.4, -0.2) is 22.9 Å². The molecule has 7 nitrogen and oxygen atoms in total. The number of fused-ring (bicyclic) bond motifs is 1. The van der Waals surface area contributed by atoms with Crippen molar-refractivity contribution in [3.8, 4) is 5.75 Å². The molecule has 152 valence electrons. The lowest BCUT2D eigenvalue weighted by Gasteiger charge is -2.14. The number of thiazole rings is 1. The summed E-state index contributed by atoms with van der Waals surface area (Å²) in [5.41, 5.74) is 2.89. The normalized spacial score (nSPS) is 13.5. The summed E-state index contributed by atoms with van der Waals surface area (Å²) in [7, 11) is 1.64. The molecule has 2 aromatic carbocycles. The number of ether oxygens (including phenoxy) is 1. The maximum Gasteiger partial charge on any atom is 0.284 e. The Kier molecular flexibility index (Phi) is 5.65. The zero-order chi connectivity index (χ0) is 21.3. The molecule has 0 fully saturated rings. The second-order valence-electron chi connectivity index (χ2n) is 6.61. The molecule has 0 saturated heterocycles. The number of carbonyl (C=O) groups is 1. The number of nitro groups is 1. The fourth-order valence-electron chi connectivity index (χ4n) is 3.10. The van der Waals surface area contributed by atoms with Crippen LogP contribution in [0, 0.1) is 10.1 Å². The van der Waals surface area contributed by atoms with Crippen molar-refractivity contribution >= 4 is 54.7 Å². The molecule has 9 heteroatoms. The van der Waals surface area contributed by atoms with E-state index >= 15 is 0 Å². The molecule has 1 amide bonds. The number of nitrogens with one attached hydrogen (secondary N) is 1. The van der Waals surface area contributed by atoms with Gasteiger partial charge in [-0.25, -0.2) is 4.98 Å². The number of hydrogen-bond acceptors (Lipinski definition) is 6. The van der Waals surface area contributed by atoms with E-state index in [4.69, 9.17) is 4.74 Å². The summed E-state index contributed by atoms with van der Waals surface area (Å²) in [4.78, 5) is 27.7. The van der Waals surface area contributed by atoms with Crippen molar-refractivity contribution < 1.29 is 14.5 Å². The number of carbonyl (C=O) groups excluding carboxylic acids is 1. The lowest BCUT2D eigenvalue weighted by atomic mass is 10.0. The second-order valence-corrected chi connectivity index (χ2v) is 8.50. The van der Waals surface area contributed by atoms with Crippen molar-refractivity contribution in [1.82, 2.24) is 10.3 Å². The van der Waals surface area contributed by atoms with E-state index in [2.05, 4.69) is 26.2 Å². The first kappa shape index (κ1) is 20.2. The van der Waals surface area contributed by atoms with E-state index in [1.54, 1.807) is 24.5 Å². The van der Waals surface area contributed by atoms with Crippen molar-refractivity contribution in [1.29, 1.82) is 0 Å². The molecule has 1 N–H and O–H groups in total. The van der Waals surface area contributed by atoms with E-state index in [-0.39, 0.29) is 17.2 Å². The molecular weight excluding hydrogens is 470 g/mol. The van der Waals surface area contributed by atoms with Crippen LogP contribution < -0.4 is 10.1 Å².